The number of benzene rings is 1. The molecular weight excluding hydrogens is 334 g/mol. The van der Waals surface area contributed by atoms with Gasteiger partial charge >= 0.3 is 0 Å². The van der Waals surface area contributed by atoms with Crippen molar-refractivity contribution in [2.75, 3.05) is 0 Å². The first kappa shape index (κ1) is 15.7. The fourth-order valence-corrected chi connectivity index (χ4v) is 4.13. The highest BCUT2D eigenvalue weighted by atomic mass is 32.1. The topological polar surface area (TPSA) is 63.1 Å². The molecular formula is C19H17N3O2S. The molecule has 3 aromatic rings. The van der Waals surface area contributed by atoms with Crippen LogP contribution in [0.15, 0.2) is 54.9 Å². The number of carbonyl (C=O) groups excluding carboxylic acids is 2. The number of thiophene rings is 1. The van der Waals surface area contributed by atoms with Gasteiger partial charge in [-0.3, -0.25) is 20.4 Å². The van der Waals surface area contributed by atoms with Gasteiger partial charge in [0.2, 0.25) is 0 Å². The first-order valence-electron chi connectivity index (χ1n) is 8.16. The number of fused-ring (bicyclic) bond motifs is 1. The van der Waals surface area contributed by atoms with Gasteiger partial charge in [0.25, 0.3) is 11.8 Å². The Hall–Kier alpha value is -2.86. The van der Waals surface area contributed by atoms with Crippen LogP contribution in [0.2, 0.25) is 0 Å². The molecule has 5 nitrogen and oxygen atoms in total. The molecule has 2 aromatic heterocycles. The average Bonchev–Trinajstić information content (AvgIpc) is 3.36. The van der Waals surface area contributed by atoms with E-state index in [0.29, 0.717) is 10.4 Å². The van der Waals surface area contributed by atoms with Crippen LogP contribution in [-0.4, -0.2) is 16.4 Å². The second-order valence-electron chi connectivity index (χ2n) is 5.96. The van der Waals surface area contributed by atoms with Crippen molar-refractivity contribution in [2.45, 2.75) is 19.3 Å². The van der Waals surface area contributed by atoms with Crippen LogP contribution in [0, 0.1) is 0 Å². The maximum absolute atomic E-state index is 12.2. The van der Waals surface area contributed by atoms with Gasteiger partial charge in [-0.1, -0.05) is 0 Å². The van der Waals surface area contributed by atoms with Gasteiger partial charge in [-0.25, -0.2) is 0 Å². The molecule has 0 saturated carbocycles. The highest BCUT2D eigenvalue weighted by molar-refractivity contribution is 7.14. The van der Waals surface area contributed by atoms with Crippen molar-refractivity contribution in [3.05, 3.63) is 75.7 Å². The lowest BCUT2D eigenvalue weighted by atomic mass is 10.2. The maximum atomic E-state index is 12.2. The zero-order valence-corrected chi connectivity index (χ0v) is 14.3. The molecule has 0 unspecified atom stereocenters. The number of rotatable bonds is 3. The molecule has 1 aliphatic rings. The van der Waals surface area contributed by atoms with Gasteiger partial charge in [0, 0.05) is 28.5 Å². The van der Waals surface area contributed by atoms with Gasteiger partial charge in [-0.2, -0.15) is 0 Å². The van der Waals surface area contributed by atoms with E-state index in [1.807, 2.05) is 47.3 Å². The summed E-state index contributed by atoms with van der Waals surface area (Å²) in [6.45, 7) is 0. The molecule has 1 aromatic carbocycles. The second-order valence-corrected chi connectivity index (χ2v) is 7.09. The van der Waals surface area contributed by atoms with Crippen molar-refractivity contribution < 1.29 is 9.59 Å². The quantitative estimate of drug-likeness (QED) is 0.712. The molecule has 0 fully saturated rings. The van der Waals surface area contributed by atoms with Crippen molar-refractivity contribution >= 4 is 23.2 Å². The molecule has 25 heavy (non-hydrogen) atoms. The highest BCUT2D eigenvalue weighted by Crippen LogP contribution is 2.30. The molecule has 0 spiro atoms. The van der Waals surface area contributed by atoms with Gasteiger partial charge in [-0.05, 0) is 67.3 Å². The molecule has 0 aliphatic heterocycles. The number of hydrazine groups is 1. The smallest absolute Gasteiger partial charge is 0.279 e. The Kier molecular flexibility index (Phi) is 4.11. The third-order valence-electron chi connectivity index (χ3n) is 4.29. The fraction of sp³-hybridized carbons (Fsp3) is 0.158. The minimum absolute atomic E-state index is 0.267. The summed E-state index contributed by atoms with van der Waals surface area (Å²) in [5.74, 6) is -0.604. The molecule has 0 saturated heterocycles. The van der Waals surface area contributed by atoms with E-state index in [2.05, 4.69) is 10.9 Å². The Bertz CT molecular complexity index is 889. The summed E-state index contributed by atoms with van der Waals surface area (Å²) in [6, 6.07) is 13.0. The van der Waals surface area contributed by atoms with Crippen molar-refractivity contribution in [3.8, 4) is 5.69 Å². The average molecular weight is 351 g/mol. The summed E-state index contributed by atoms with van der Waals surface area (Å²) >= 11 is 1.51. The van der Waals surface area contributed by atoms with E-state index in [1.54, 1.807) is 12.1 Å². The Morgan fingerprint density at radius 1 is 0.960 bits per heavy atom. The van der Waals surface area contributed by atoms with E-state index in [0.717, 1.165) is 18.5 Å². The van der Waals surface area contributed by atoms with Gasteiger partial charge in [-0.15, -0.1) is 11.3 Å². The summed E-state index contributed by atoms with van der Waals surface area (Å²) in [6.07, 6.45) is 7.13. The summed E-state index contributed by atoms with van der Waals surface area (Å²) in [5, 5.41) is 0. The molecule has 2 heterocycles. The van der Waals surface area contributed by atoms with Gasteiger partial charge in [0.1, 0.15) is 0 Å². The van der Waals surface area contributed by atoms with E-state index in [-0.39, 0.29) is 11.8 Å². The lowest BCUT2D eigenvalue weighted by Crippen LogP contribution is -2.41. The summed E-state index contributed by atoms with van der Waals surface area (Å²) in [7, 11) is 0. The van der Waals surface area contributed by atoms with Crippen LogP contribution in [0.3, 0.4) is 0 Å². The molecule has 1 aliphatic carbocycles. The minimum atomic E-state index is -0.337. The van der Waals surface area contributed by atoms with E-state index in [9.17, 15) is 9.59 Å². The molecule has 126 valence electrons. The molecule has 6 heteroatoms. The lowest BCUT2D eigenvalue weighted by molar-refractivity contribution is 0.0849. The van der Waals surface area contributed by atoms with Crippen molar-refractivity contribution in [2.24, 2.45) is 0 Å². The van der Waals surface area contributed by atoms with E-state index < -0.39 is 0 Å². The Balaban J connectivity index is 1.37. The number of hydrogen-bond donors (Lipinski definition) is 2. The SMILES string of the molecule is O=C(NNC(=O)c1cc2c(s1)CCC2)c1ccc(-n2cccc2)cc1. The maximum Gasteiger partial charge on any atom is 0.279 e. The van der Waals surface area contributed by atoms with E-state index >= 15 is 0 Å². The number of nitrogens with one attached hydrogen (secondary N) is 2. The summed E-state index contributed by atoms with van der Waals surface area (Å²) in [5.41, 5.74) is 7.70. The third kappa shape index (κ3) is 3.21. The Morgan fingerprint density at radius 3 is 2.40 bits per heavy atom. The fourth-order valence-electron chi connectivity index (χ4n) is 2.98. The van der Waals surface area contributed by atoms with Crippen LogP contribution in [0.25, 0.3) is 5.69 Å². The zero-order chi connectivity index (χ0) is 17.2. The van der Waals surface area contributed by atoms with Gasteiger partial charge < -0.3 is 4.57 Å². The standard InChI is InChI=1S/C19H17N3O2S/c23-18(13-6-8-15(9-7-13)22-10-1-2-11-22)20-21-19(24)17-12-14-4-3-5-16(14)25-17/h1-2,6-12H,3-5H2,(H,20,23)(H,21,24). The van der Waals surface area contributed by atoms with Gasteiger partial charge in [0.15, 0.2) is 0 Å². The van der Waals surface area contributed by atoms with Crippen LogP contribution in [0.5, 0.6) is 0 Å². The van der Waals surface area contributed by atoms with Crippen LogP contribution < -0.4 is 10.9 Å². The van der Waals surface area contributed by atoms with Crippen LogP contribution in [0.1, 0.15) is 36.9 Å². The first-order chi connectivity index (χ1) is 12.2. The Labute approximate surface area is 149 Å². The minimum Gasteiger partial charge on any atom is -0.324 e. The highest BCUT2D eigenvalue weighted by Gasteiger charge is 2.18. The summed E-state index contributed by atoms with van der Waals surface area (Å²) in [4.78, 5) is 26.3. The number of amides is 2. The molecule has 2 amide bonds. The number of aromatic nitrogens is 1. The van der Waals surface area contributed by atoms with E-state index in [4.69, 9.17) is 0 Å². The monoisotopic (exact) mass is 351 g/mol. The molecule has 0 radical (unpaired) electrons. The third-order valence-corrected chi connectivity index (χ3v) is 5.53. The largest absolute Gasteiger partial charge is 0.324 e. The zero-order valence-electron chi connectivity index (χ0n) is 13.5. The van der Waals surface area contributed by atoms with Crippen molar-refractivity contribution in [1.29, 1.82) is 0 Å². The van der Waals surface area contributed by atoms with Crippen LogP contribution >= 0.6 is 11.3 Å². The number of nitrogens with zero attached hydrogens (tertiary/aromatic N) is 1. The normalized spacial score (nSPS) is 12.6. The predicted molar refractivity (Wildman–Crippen MR) is 97.0 cm³/mol. The molecule has 2 N–H and O–H groups in total. The van der Waals surface area contributed by atoms with Crippen molar-refractivity contribution in [1.82, 2.24) is 15.4 Å². The number of aryl methyl sites for hydroxylation is 2. The predicted octanol–water partition coefficient (Wildman–Crippen LogP) is 3.10. The van der Waals surface area contributed by atoms with Crippen LogP contribution in [0.4, 0.5) is 0 Å². The number of hydrogen-bond acceptors (Lipinski definition) is 3. The Morgan fingerprint density at radius 2 is 1.68 bits per heavy atom. The summed E-state index contributed by atoms with van der Waals surface area (Å²) < 4.78 is 1.96. The van der Waals surface area contributed by atoms with E-state index in [1.165, 1.54) is 28.2 Å². The van der Waals surface area contributed by atoms with Crippen molar-refractivity contribution in [3.63, 3.8) is 0 Å². The molecule has 4 rings (SSSR count). The molecule has 0 atom stereocenters. The van der Waals surface area contributed by atoms with Gasteiger partial charge in [0.05, 0.1) is 4.88 Å². The molecule has 0 bridgehead atoms. The first-order valence-corrected chi connectivity index (χ1v) is 8.98. The lowest BCUT2D eigenvalue weighted by Gasteiger charge is -2.08. The van der Waals surface area contributed by atoms with Crippen LogP contribution in [-0.2, 0) is 12.8 Å². The number of carbonyl (C=O) groups is 2. The second kappa shape index (κ2) is 6.57.